The number of halogens is 1. The van der Waals surface area contributed by atoms with E-state index in [9.17, 15) is 22.7 Å². The molecule has 44 heavy (non-hydrogen) atoms. The number of ether oxygens (including phenoxy) is 3. The van der Waals surface area contributed by atoms with Crippen molar-refractivity contribution in [2.24, 2.45) is 0 Å². The second-order valence-electron chi connectivity index (χ2n) is 9.84. The van der Waals surface area contributed by atoms with Gasteiger partial charge >= 0.3 is 10.1 Å². The Kier molecular flexibility index (Phi) is 10.8. The van der Waals surface area contributed by atoms with Crippen LogP contribution in [0.25, 0.3) is 0 Å². The number of rotatable bonds is 14. The maximum absolute atomic E-state index is 13.7. The van der Waals surface area contributed by atoms with Gasteiger partial charge in [-0.2, -0.15) is 8.42 Å². The van der Waals surface area contributed by atoms with Crippen LogP contribution in [0.1, 0.15) is 35.1 Å². The zero-order valence-electron chi connectivity index (χ0n) is 24.6. The summed E-state index contributed by atoms with van der Waals surface area (Å²) < 4.78 is 61.6. The zero-order valence-corrected chi connectivity index (χ0v) is 25.4. The number of carbonyl (C=O) groups is 1. The standard InChI is InChI=1S/C33H34FNO8S/c1-22(27-13-15-30(41-3)32(28(27)20-36)43-44(38,39)26-11-7-10-25(34)19-26)33(37)35-17-16-23-12-14-29(40-2)31(18-23)42-21-24-8-5-4-6-9-24/h4-15,18-19,22,36H,16-17,20-21H2,1-3H3,(H,35,37). The van der Waals surface area contributed by atoms with Gasteiger partial charge in [0, 0.05) is 12.1 Å². The molecule has 4 aromatic carbocycles. The van der Waals surface area contributed by atoms with E-state index in [0.29, 0.717) is 36.6 Å². The number of hydrogen-bond acceptors (Lipinski definition) is 8. The Balaban J connectivity index is 1.46. The van der Waals surface area contributed by atoms with Crippen LogP contribution < -0.4 is 23.7 Å². The minimum atomic E-state index is -4.49. The van der Waals surface area contributed by atoms with E-state index in [1.165, 1.54) is 25.3 Å². The number of carbonyl (C=O) groups excluding carboxylic acids is 1. The molecule has 0 saturated heterocycles. The Bertz CT molecular complexity index is 1700. The van der Waals surface area contributed by atoms with Crippen LogP contribution in [0.2, 0.25) is 0 Å². The van der Waals surface area contributed by atoms with Crippen LogP contribution in [0.4, 0.5) is 4.39 Å². The van der Waals surface area contributed by atoms with E-state index in [-0.39, 0.29) is 23.0 Å². The van der Waals surface area contributed by atoms with Crippen molar-refractivity contribution in [3.63, 3.8) is 0 Å². The second-order valence-corrected chi connectivity index (χ2v) is 11.4. The predicted molar refractivity (Wildman–Crippen MR) is 162 cm³/mol. The number of aliphatic hydroxyl groups excluding tert-OH is 1. The quantitative estimate of drug-likeness (QED) is 0.185. The van der Waals surface area contributed by atoms with E-state index in [1.807, 2.05) is 48.5 Å². The van der Waals surface area contributed by atoms with Gasteiger partial charge in [0.2, 0.25) is 5.91 Å². The van der Waals surface area contributed by atoms with Gasteiger partial charge in [-0.3, -0.25) is 4.79 Å². The molecular formula is C33H34FNO8S. The van der Waals surface area contributed by atoms with Crippen LogP contribution in [0.5, 0.6) is 23.0 Å². The number of aliphatic hydroxyl groups is 1. The highest BCUT2D eigenvalue weighted by Crippen LogP contribution is 2.38. The van der Waals surface area contributed by atoms with E-state index >= 15 is 0 Å². The number of benzene rings is 4. The maximum atomic E-state index is 13.7. The first-order valence-electron chi connectivity index (χ1n) is 13.8. The monoisotopic (exact) mass is 623 g/mol. The molecule has 0 aliphatic carbocycles. The third kappa shape index (κ3) is 7.86. The van der Waals surface area contributed by atoms with Crippen molar-refractivity contribution in [1.82, 2.24) is 5.32 Å². The summed E-state index contributed by atoms with van der Waals surface area (Å²) in [7, 11) is -1.61. The molecule has 0 spiro atoms. The summed E-state index contributed by atoms with van der Waals surface area (Å²) >= 11 is 0. The molecule has 232 valence electrons. The van der Waals surface area contributed by atoms with Crippen LogP contribution in [0.3, 0.4) is 0 Å². The summed E-state index contributed by atoms with van der Waals surface area (Å²) in [6.45, 7) is 1.66. The van der Waals surface area contributed by atoms with Gasteiger partial charge in [-0.15, -0.1) is 0 Å². The predicted octanol–water partition coefficient (Wildman–Crippen LogP) is 5.14. The van der Waals surface area contributed by atoms with E-state index < -0.39 is 33.4 Å². The first-order chi connectivity index (χ1) is 21.2. The van der Waals surface area contributed by atoms with Crippen molar-refractivity contribution in [3.05, 3.63) is 113 Å². The first kappa shape index (κ1) is 32.3. The van der Waals surface area contributed by atoms with Gasteiger partial charge in [0.1, 0.15) is 17.3 Å². The summed E-state index contributed by atoms with van der Waals surface area (Å²) in [5.74, 6) is -0.974. The number of hydrogen-bond donors (Lipinski definition) is 2. The third-order valence-corrected chi connectivity index (χ3v) is 8.17. The fourth-order valence-electron chi connectivity index (χ4n) is 4.57. The summed E-state index contributed by atoms with van der Waals surface area (Å²) in [6.07, 6.45) is 0.500. The fourth-order valence-corrected chi connectivity index (χ4v) is 5.57. The molecule has 0 aliphatic heterocycles. The van der Waals surface area contributed by atoms with Crippen molar-refractivity contribution in [2.75, 3.05) is 20.8 Å². The highest BCUT2D eigenvalue weighted by Gasteiger charge is 2.27. The SMILES string of the molecule is COc1ccc(CCNC(=O)C(C)c2ccc(OC)c(OS(=O)(=O)c3cccc(F)c3)c2CO)cc1OCc1ccccc1. The van der Waals surface area contributed by atoms with Crippen LogP contribution in [-0.4, -0.2) is 40.2 Å². The molecule has 0 aliphatic rings. The van der Waals surface area contributed by atoms with E-state index in [2.05, 4.69) is 5.32 Å². The van der Waals surface area contributed by atoms with Crippen molar-refractivity contribution in [2.45, 2.75) is 37.4 Å². The van der Waals surface area contributed by atoms with Gasteiger partial charge in [-0.05, 0) is 66.4 Å². The van der Waals surface area contributed by atoms with Crippen LogP contribution in [0.15, 0.2) is 89.8 Å². The molecule has 4 aromatic rings. The maximum Gasteiger partial charge on any atom is 0.339 e. The molecule has 1 unspecified atom stereocenters. The third-order valence-electron chi connectivity index (χ3n) is 6.95. The Hall–Kier alpha value is -4.61. The highest BCUT2D eigenvalue weighted by atomic mass is 32.2. The van der Waals surface area contributed by atoms with Crippen molar-refractivity contribution in [3.8, 4) is 23.0 Å². The Labute approximate surface area is 256 Å². The molecule has 1 amide bonds. The largest absolute Gasteiger partial charge is 0.493 e. The first-order valence-corrected chi connectivity index (χ1v) is 15.2. The Morgan fingerprint density at radius 3 is 2.30 bits per heavy atom. The molecular weight excluding hydrogens is 589 g/mol. The summed E-state index contributed by atoms with van der Waals surface area (Å²) in [5, 5.41) is 13.1. The molecule has 0 heterocycles. The molecule has 0 bridgehead atoms. The molecule has 4 rings (SSSR count). The van der Waals surface area contributed by atoms with Crippen LogP contribution in [-0.2, 0) is 34.5 Å². The smallest absolute Gasteiger partial charge is 0.339 e. The van der Waals surface area contributed by atoms with Gasteiger partial charge in [-0.1, -0.05) is 48.5 Å². The lowest BCUT2D eigenvalue weighted by molar-refractivity contribution is -0.122. The van der Waals surface area contributed by atoms with E-state index in [4.69, 9.17) is 18.4 Å². The molecule has 0 saturated carbocycles. The lowest BCUT2D eigenvalue weighted by atomic mass is 9.94. The Morgan fingerprint density at radius 1 is 0.886 bits per heavy atom. The number of nitrogens with one attached hydrogen (secondary N) is 1. The minimum absolute atomic E-state index is 0.0233. The minimum Gasteiger partial charge on any atom is -0.493 e. The average Bonchev–Trinajstić information content (AvgIpc) is 3.03. The van der Waals surface area contributed by atoms with Crippen molar-refractivity contribution >= 4 is 16.0 Å². The average molecular weight is 624 g/mol. The van der Waals surface area contributed by atoms with Gasteiger partial charge in [0.05, 0.1) is 26.7 Å². The normalized spacial score (nSPS) is 11.8. The number of methoxy groups -OCH3 is 2. The molecule has 2 N–H and O–H groups in total. The van der Waals surface area contributed by atoms with Gasteiger partial charge in [0.15, 0.2) is 23.0 Å². The molecule has 1 atom stereocenters. The van der Waals surface area contributed by atoms with Gasteiger partial charge < -0.3 is 28.8 Å². The lowest BCUT2D eigenvalue weighted by Crippen LogP contribution is -2.30. The zero-order chi connectivity index (χ0) is 31.7. The summed E-state index contributed by atoms with van der Waals surface area (Å²) in [4.78, 5) is 12.8. The van der Waals surface area contributed by atoms with Crippen LogP contribution in [0, 0.1) is 5.82 Å². The van der Waals surface area contributed by atoms with Gasteiger partial charge in [0.25, 0.3) is 0 Å². The molecule has 0 radical (unpaired) electrons. The summed E-state index contributed by atoms with van der Waals surface area (Å²) in [6, 6.07) is 22.7. The van der Waals surface area contributed by atoms with E-state index in [0.717, 1.165) is 23.3 Å². The second kappa shape index (κ2) is 14.7. The van der Waals surface area contributed by atoms with E-state index in [1.54, 1.807) is 20.1 Å². The Morgan fingerprint density at radius 2 is 1.61 bits per heavy atom. The number of amides is 1. The molecule has 0 aromatic heterocycles. The molecule has 9 nitrogen and oxygen atoms in total. The van der Waals surface area contributed by atoms with Crippen molar-refractivity contribution < 1.29 is 41.1 Å². The fraction of sp³-hybridized carbons (Fsp3) is 0.242. The topological polar surface area (TPSA) is 120 Å². The summed E-state index contributed by atoms with van der Waals surface area (Å²) in [5.41, 5.74) is 2.33. The highest BCUT2D eigenvalue weighted by molar-refractivity contribution is 7.87. The lowest BCUT2D eigenvalue weighted by Gasteiger charge is -2.20. The molecule has 0 fully saturated rings. The molecule has 11 heteroatoms. The van der Waals surface area contributed by atoms with Crippen molar-refractivity contribution in [1.29, 1.82) is 0 Å². The van der Waals surface area contributed by atoms with Gasteiger partial charge in [-0.25, -0.2) is 4.39 Å². The van der Waals surface area contributed by atoms with Crippen LogP contribution >= 0.6 is 0 Å².